The van der Waals surface area contributed by atoms with Gasteiger partial charge in [-0.05, 0) is 29.7 Å². The van der Waals surface area contributed by atoms with Gasteiger partial charge in [0.2, 0.25) is 11.6 Å². The van der Waals surface area contributed by atoms with Crippen molar-refractivity contribution in [2.45, 2.75) is 13.0 Å². The van der Waals surface area contributed by atoms with Gasteiger partial charge in [0.1, 0.15) is 5.82 Å². The maximum atomic E-state index is 14.1. The van der Waals surface area contributed by atoms with E-state index < -0.39 is 33.9 Å². The number of hydrogen-bond acceptors (Lipinski definition) is 3. The third-order valence-corrected chi connectivity index (χ3v) is 3.82. The molecule has 0 saturated heterocycles. The van der Waals surface area contributed by atoms with Crippen molar-refractivity contribution in [3.63, 3.8) is 0 Å². The van der Waals surface area contributed by atoms with Crippen LogP contribution in [0, 0.1) is 33.4 Å². The van der Waals surface area contributed by atoms with E-state index in [0.29, 0.717) is 18.1 Å². The predicted molar refractivity (Wildman–Crippen MR) is 74.1 cm³/mol. The summed E-state index contributed by atoms with van der Waals surface area (Å²) in [6, 6.07) is 4.74. The molecule has 1 heterocycles. The third-order valence-electron chi connectivity index (χ3n) is 3.82. The van der Waals surface area contributed by atoms with E-state index in [2.05, 4.69) is 0 Å². The first-order valence-corrected chi connectivity index (χ1v) is 6.72. The van der Waals surface area contributed by atoms with Crippen LogP contribution in [0.4, 0.5) is 28.9 Å². The van der Waals surface area contributed by atoms with Crippen molar-refractivity contribution in [3.8, 4) is 0 Å². The lowest BCUT2D eigenvalue weighted by Crippen LogP contribution is -2.31. The highest BCUT2D eigenvalue weighted by Gasteiger charge is 2.30. The SMILES string of the molecule is O=[N+]([O-])c1c(F)cc(N2CCc3cc(F)ccc3C2)c(F)c1F. The molecule has 0 amide bonds. The first kappa shape index (κ1) is 15.3. The van der Waals surface area contributed by atoms with E-state index in [9.17, 15) is 27.7 Å². The monoisotopic (exact) mass is 326 g/mol. The van der Waals surface area contributed by atoms with Crippen molar-refractivity contribution in [3.05, 3.63) is 68.8 Å². The molecule has 1 aliphatic heterocycles. The Hall–Kier alpha value is -2.64. The zero-order chi connectivity index (χ0) is 16.7. The first-order chi connectivity index (χ1) is 10.9. The van der Waals surface area contributed by atoms with Gasteiger partial charge in [-0.15, -0.1) is 0 Å². The number of fused-ring (bicyclic) bond motifs is 1. The molecule has 0 aliphatic carbocycles. The molecule has 23 heavy (non-hydrogen) atoms. The van der Waals surface area contributed by atoms with Crippen molar-refractivity contribution in [2.24, 2.45) is 0 Å². The van der Waals surface area contributed by atoms with Gasteiger partial charge in [0.05, 0.1) is 10.6 Å². The van der Waals surface area contributed by atoms with Crippen molar-refractivity contribution in [2.75, 3.05) is 11.4 Å². The number of nitrogens with zero attached hydrogens (tertiary/aromatic N) is 2. The zero-order valence-electron chi connectivity index (χ0n) is 11.7. The van der Waals surface area contributed by atoms with Crippen LogP contribution in [0.15, 0.2) is 24.3 Å². The molecule has 0 fully saturated rings. The number of hydrogen-bond donors (Lipinski definition) is 0. The Morgan fingerprint density at radius 1 is 1.04 bits per heavy atom. The summed E-state index contributed by atoms with van der Waals surface area (Å²) in [6.07, 6.45) is 0.368. The summed E-state index contributed by atoms with van der Waals surface area (Å²) >= 11 is 0. The number of benzene rings is 2. The Balaban J connectivity index is 2.00. The minimum Gasteiger partial charge on any atom is -0.364 e. The summed E-state index contributed by atoms with van der Waals surface area (Å²) in [6.45, 7) is 0.341. The van der Waals surface area contributed by atoms with Gasteiger partial charge in [-0.3, -0.25) is 10.1 Å². The molecule has 2 aromatic rings. The highest BCUT2D eigenvalue weighted by atomic mass is 19.2. The number of halogens is 4. The maximum absolute atomic E-state index is 14.1. The second-order valence-electron chi connectivity index (χ2n) is 5.20. The Kier molecular flexibility index (Phi) is 3.67. The summed E-state index contributed by atoms with van der Waals surface area (Å²) in [5.41, 5.74) is -0.452. The molecule has 4 nitrogen and oxygen atoms in total. The van der Waals surface area contributed by atoms with Gasteiger partial charge in [-0.25, -0.2) is 8.78 Å². The molecular formula is C15H10F4N2O2. The average Bonchev–Trinajstić information content (AvgIpc) is 2.50. The van der Waals surface area contributed by atoms with Gasteiger partial charge in [-0.2, -0.15) is 8.78 Å². The van der Waals surface area contributed by atoms with E-state index in [1.165, 1.54) is 23.1 Å². The molecule has 0 atom stereocenters. The van der Waals surface area contributed by atoms with Gasteiger partial charge >= 0.3 is 5.69 Å². The van der Waals surface area contributed by atoms with Crippen molar-refractivity contribution >= 4 is 11.4 Å². The molecule has 2 aromatic carbocycles. The van der Waals surface area contributed by atoms with E-state index in [1.807, 2.05) is 0 Å². The standard InChI is InChI=1S/C15H10F4N2O2/c16-10-2-1-9-7-20(4-3-8(9)5-10)12-6-11(17)15(21(22)23)14(19)13(12)18/h1-2,5-6H,3-4,7H2. The summed E-state index contributed by atoms with van der Waals surface area (Å²) in [5.74, 6) is -5.12. The minimum atomic E-state index is -1.82. The number of nitro groups is 1. The Morgan fingerprint density at radius 3 is 2.48 bits per heavy atom. The number of rotatable bonds is 2. The van der Waals surface area contributed by atoms with Crippen molar-refractivity contribution in [1.29, 1.82) is 0 Å². The lowest BCUT2D eigenvalue weighted by molar-refractivity contribution is -0.390. The average molecular weight is 326 g/mol. The number of anilines is 1. The van der Waals surface area contributed by atoms with Crippen LogP contribution in [0.3, 0.4) is 0 Å². The maximum Gasteiger partial charge on any atom is 0.343 e. The molecule has 0 unspecified atom stereocenters. The normalized spacial score (nSPS) is 13.8. The lowest BCUT2D eigenvalue weighted by atomic mass is 9.99. The summed E-state index contributed by atoms with van der Waals surface area (Å²) in [4.78, 5) is 10.7. The second-order valence-corrected chi connectivity index (χ2v) is 5.20. The molecule has 0 saturated carbocycles. The second kappa shape index (κ2) is 5.53. The van der Waals surface area contributed by atoms with Crippen molar-refractivity contribution < 1.29 is 22.5 Å². The van der Waals surface area contributed by atoms with Crippen LogP contribution in [0.1, 0.15) is 11.1 Å². The smallest absolute Gasteiger partial charge is 0.343 e. The van der Waals surface area contributed by atoms with Crippen LogP contribution in [0.2, 0.25) is 0 Å². The first-order valence-electron chi connectivity index (χ1n) is 6.72. The van der Waals surface area contributed by atoms with Crippen LogP contribution in [-0.4, -0.2) is 11.5 Å². The molecule has 8 heteroatoms. The zero-order valence-corrected chi connectivity index (χ0v) is 11.7. The van der Waals surface area contributed by atoms with Crippen LogP contribution >= 0.6 is 0 Å². The highest BCUT2D eigenvalue weighted by Crippen LogP contribution is 2.33. The molecular weight excluding hydrogens is 316 g/mol. The molecule has 0 bridgehead atoms. The summed E-state index contributed by atoms with van der Waals surface area (Å²) in [7, 11) is 0. The van der Waals surface area contributed by atoms with E-state index in [0.717, 1.165) is 5.56 Å². The molecule has 3 rings (SSSR count). The summed E-state index contributed by atoms with van der Waals surface area (Å²) < 4.78 is 54.7. The fraction of sp³-hybridized carbons (Fsp3) is 0.200. The van der Waals surface area contributed by atoms with Gasteiger partial charge in [0.15, 0.2) is 5.82 Å². The Morgan fingerprint density at radius 2 is 1.78 bits per heavy atom. The third kappa shape index (κ3) is 2.60. The molecule has 0 N–H and O–H groups in total. The van der Waals surface area contributed by atoms with E-state index in [-0.39, 0.29) is 18.8 Å². The molecule has 1 aliphatic rings. The fourth-order valence-corrected chi connectivity index (χ4v) is 2.70. The molecule has 0 radical (unpaired) electrons. The molecule has 120 valence electrons. The summed E-state index contributed by atoms with van der Waals surface area (Å²) in [5, 5.41) is 10.6. The van der Waals surface area contributed by atoms with Gasteiger partial charge in [0, 0.05) is 19.2 Å². The van der Waals surface area contributed by atoms with Crippen LogP contribution < -0.4 is 4.90 Å². The Bertz CT molecular complexity index is 811. The topological polar surface area (TPSA) is 46.4 Å². The molecule has 0 spiro atoms. The van der Waals surface area contributed by atoms with Crippen LogP contribution in [-0.2, 0) is 13.0 Å². The van der Waals surface area contributed by atoms with Crippen LogP contribution in [0.25, 0.3) is 0 Å². The number of nitro benzene ring substituents is 1. The van der Waals surface area contributed by atoms with Gasteiger partial charge < -0.3 is 4.90 Å². The van der Waals surface area contributed by atoms with Crippen LogP contribution in [0.5, 0.6) is 0 Å². The van der Waals surface area contributed by atoms with E-state index >= 15 is 0 Å². The van der Waals surface area contributed by atoms with E-state index in [1.54, 1.807) is 0 Å². The van der Waals surface area contributed by atoms with Gasteiger partial charge in [0.25, 0.3) is 0 Å². The lowest BCUT2D eigenvalue weighted by Gasteiger charge is -2.31. The Labute approximate surface area is 128 Å². The minimum absolute atomic E-state index is 0.128. The predicted octanol–water partition coefficient (Wildman–Crippen LogP) is 3.71. The largest absolute Gasteiger partial charge is 0.364 e. The van der Waals surface area contributed by atoms with Gasteiger partial charge in [-0.1, -0.05) is 6.07 Å². The molecule has 0 aromatic heterocycles. The fourth-order valence-electron chi connectivity index (χ4n) is 2.70. The highest BCUT2D eigenvalue weighted by molar-refractivity contribution is 5.56. The van der Waals surface area contributed by atoms with Crippen molar-refractivity contribution in [1.82, 2.24) is 0 Å². The van der Waals surface area contributed by atoms with E-state index in [4.69, 9.17) is 0 Å². The quantitative estimate of drug-likeness (QED) is 0.366.